The molecule has 2 rings (SSSR count). The zero-order valence-electron chi connectivity index (χ0n) is 10.1. The smallest absolute Gasteiger partial charge is 0.130 e. The summed E-state index contributed by atoms with van der Waals surface area (Å²) in [7, 11) is 0. The second-order valence-electron chi connectivity index (χ2n) is 4.54. The Morgan fingerprint density at radius 3 is 2.75 bits per heavy atom. The van der Waals surface area contributed by atoms with Crippen LogP contribution in [-0.4, -0.2) is 6.54 Å². The number of para-hydroxylation sites is 1. The average molecular weight is 221 g/mol. The molecule has 1 aromatic rings. The molecule has 1 aliphatic heterocycles. The summed E-state index contributed by atoms with van der Waals surface area (Å²) >= 11 is 0. The molecule has 1 atom stereocenters. The third-order valence-electron chi connectivity index (χ3n) is 3.64. The number of nitrogens with one attached hydrogen (secondary N) is 1. The van der Waals surface area contributed by atoms with Crippen molar-refractivity contribution in [2.75, 3.05) is 11.9 Å². The van der Waals surface area contributed by atoms with E-state index in [1.807, 2.05) is 12.1 Å². The molecule has 1 aliphatic rings. The number of hydrogen-bond acceptors (Lipinski definition) is 1. The molecule has 0 saturated heterocycles. The van der Waals surface area contributed by atoms with Crippen LogP contribution >= 0.6 is 0 Å². The summed E-state index contributed by atoms with van der Waals surface area (Å²) in [6, 6.07) is 6.01. The van der Waals surface area contributed by atoms with Crippen molar-refractivity contribution in [2.24, 2.45) is 5.92 Å². The van der Waals surface area contributed by atoms with E-state index in [1.165, 1.54) is 5.56 Å². The lowest BCUT2D eigenvalue weighted by atomic mass is 9.91. The van der Waals surface area contributed by atoms with Gasteiger partial charge in [0, 0.05) is 17.8 Å². The molecule has 0 spiro atoms. The highest BCUT2D eigenvalue weighted by molar-refractivity contribution is 5.62. The summed E-state index contributed by atoms with van der Waals surface area (Å²) in [4.78, 5) is 0. The van der Waals surface area contributed by atoms with Gasteiger partial charge in [0.05, 0.1) is 0 Å². The maximum absolute atomic E-state index is 14.4. The molecular weight excluding hydrogens is 201 g/mol. The molecule has 88 valence electrons. The molecule has 0 bridgehead atoms. The van der Waals surface area contributed by atoms with Crippen LogP contribution in [0.3, 0.4) is 0 Å². The van der Waals surface area contributed by atoms with Gasteiger partial charge in [0.2, 0.25) is 0 Å². The zero-order valence-corrected chi connectivity index (χ0v) is 10.1. The van der Waals surface area contributed by atoms with Gasteiger partial charge in [-0.05, 0) is 17.9 Å². The lowest BCUT2D eigenvalue weighted by molar-refractivity contribution is 0.221. The van der Waals surface area contributed by atoms with Crippen molar-refractivity contribution < 1.29 is 4.39 Å². The molecule has 16 heavy (non-hydrogen) atoms. The molecule has 1 aromatic carbocycles. The van der Waals surface area contributed by atoms with Gasteiger partial charge < -0.3 is 5.32 Å². The van der Waals surface area contributed by atoms with Gasteiger partial charge in [-0.25, -0.2) is 4.39 Å². The lowest BCUT2D eigenvalue weighted by Gasteiger charge is -2.20. The summed E-state index contributed by atoms with van der Waals surface area (Å²) in [6.45, 7) is 5.08. The van der Waals surface area contributed by atoms with Crippen LogP contribution in [0.15, 0.2) is 18.2 Å². The minimum Gasteiger partial charge on any atom is -0.384 e. The highest BCUT2D eigenvalue weighted by atomic mass is 19.1. The van der Waals surface area contributed by atoms with Crippen molar-refractivity contribution in [3.05, 3.63) is 29.3 Å². The van der Waals surface area contributed by atoms with Crippen molar-refractivity contribution in [2.45, 2.75) is 39.3 Å². The van der Waals surface area contributed by atoms with Crippen LogP contribution in [0.5, 0.6) is 0 Å². The highest BCUT2D eigenvalue weighted by Crippen LogP contribution is 2.38. The summed E-state index contributed by atoms with van der Waals surface area (Å²) in [5, 5.41) is 3.31. The fourth-order valence-electron chi connectivity index (χ4n) is 2.55. The van der Waals surface area contributed by atoms with Gasteiger partial charge in [-0.3, -0.25) is 0 Å². The largest absolute Gasteiger partial charge is 0.384 e. The number of fused-ring (bicyclic) bond motifs is 1. The minimum absolute atomic E-state index is 0.147. The van der Waals surface area contributed by atoms with E-state index in [4.69, 9.17) is 0 Å². The van der Waals surface area contributed by atoms with E-state index >= 15 is 0 Å². The minimum atomic E-state index is -0.824. The maximum Gasteiger partial charge on any atom is 0.130 e. The van der Waals surface area contributed by atoms with Crippen molar-refractivity contribution in [3.63, 3.8) is 0 Å². The Labute approximate surface area is 97.1 Å². The predicted molar refractivity (Wildman–Crippen MR) is 66.6 cm³/mol. The van der Waals surface area contributed by atoms with Gasteiger partial charge in [0.15, 0.2) is 0 Å². The summed E-state index contributed by atoms with van der Waals surface area (Å²) in [5.74, 6) is 0.147. The van der Waals surface area contributed by atoms with Gasteiger partial charge in [0.1, 0.15) is 6.17 Å². The van der Waals surface area contributed by atoms with Crippen LogP contribution in [0, 0.1) is 5.92 Å². The molecule has 2 heteroatoms. The van der Waals surface area contributed by atoms with Crippen LogP contribution in [-0.2, 0) is 6.42 Å². The average Bonchev–Trinajstić information content (AvgIpc) is 2.78. The third-order valence-corrected chi connectivity index (χ3v) is 3.64. The van der Waals surface area contributed by atoms with Crippen LogP contribution in [0.4, 0.5) is 10.1 Å². The topological polar surface area (TPSA) is 12.0 Å². The second kappa shape index (κ2) is 4.86. The Morgan fingerprint density at radius 1 is 1.31 bits per heavy atom. The Bertz CT molecular complexity index is 358. The van der Waals surface area contributed by atoms with Gasteiger partial charge in [-0.15, -0.1) is 0 Å². The van der Waals surface area contributed by atoms with E-state index in [2.05, 4.69) is 25.2 Å². The molecule has 0 saturated carbocycles. The monoisotopic (exact) mass is 221 g/mol. The summed E-state index contributed by atoms with van der Waals surface area (Å²) < 4.78 is 14.4. The lowest BCUT2D eigenvalue weighted by Crippen LogP contribution is -2.09. The Balaban J connectivity index is 2.30. The van der Waals surface area contributed by atoms with E-state index in [9.17, 15) is 4.39 Å². The summed E-state index contributed by atoms with van der Waals surface area (Å²) in [6.07, 6.45) is 2.01. The van der Waals surface area contributed by atoms with Crippen molar-refractivity contribution >= 4 is 5.69 Å². The molecule has 1 N–H and O–H groups in total. The van der Waals surface area contributed by atoms with E-state index in [0.717, 1.165) is 37.1 Å². The zero-order chi connectivity index (χ0) is 11.5. The SMILES string of the molecule is CCC(CC)C(F)c1cccc2c1NCC2. The Hall–Kier alpha value is -1.05. The molecular formula is C14H20FN. The first-order chi connectivity index (χ1) is 7.77. The van der Waals surface area contributed by atoms with Gasteiger partial charge in [-0.1, -0.05) is 44.9 Å². The molecule has 0 aromatic heterocycles. The first-order valence-electron chi connectivity index (χ1n) is 6.27. The van der Waals surface area contributed by atoms with Gasteiger partial charge in [-0.2, -0.15) is 0 Å². The number of anilines is 1. The van der Waals surface area contributed by atoms with Crippen LogP contribution in [0.25, 0.3) is 0 Å². The molecule has 1 heterocycles. The number of hydrogen-bond donors (Lipinski definition) is 1. The molecule has 0 fully saturated rings. The van der Waals surface area contributed by atoms with E-state index in [1.54, 1.807) is 0 Å². The van der Waals surface area contributed by atoms with E-state index in [0.29, 0.717) is 0 Å². The summed E-state index contributed by atoms with van der Waals surface area (Å²) in [5.41, 5.74) is 3.19. The first kappa shape index (κ1) is 11.4. The van der Waals surface area contributed by atoms with Crippen molar-refractivity contribution in [1.29, 1.82) is 0 Å². The normalized spacial score (nSPS) is 16.0. The Morgan fingerprint density at radius 2 is 2.06 bits per heavy atom. The standard InChI is InChI=1S/C14H20FN/c1-3-10(4-2)13(15)12-7-5-6-11-8-9-16-14(11)12/h5-7,10,13,16H,3-4,8-9H2,1-2H3. The molecule has 0 amide bonds. The number of benzene rings is 1. The van der Waals surface area contributed by atoms with Crippen LogP contribution < -0.4 is 5.32 Å². The number of alkyl halides is 1. The predicted octanol–water partition coefficient (Wildman–Crippen LogP) is 4.10. The first-order valence-corrected chi connectivity index (χ1v) is 6.27. The fourth-order valence-corrected chi connectivity index (χ4v) is 2.55. The van der Waals surface area contributed by atoms with Crippen molar-refractivity contribution in [3.8, 4) is 0 Å². The number of halogens is 1. The molecule has 1 unspecified atom stereocenters. The second-order valence-corrected chi connectivity index (χ2v) is 4.54. The van der Waals surface area contributed by atoms with Gasteiger partial charge >= 0.3 is 0 Å². The third kappa shape index (κ3) is 1.93. The highest BCUT2D eigenvalue weighted by Gasteiger charge is 2.25. The van der Waals surface area contributed by atoms with E-state index in [-0.39, 0.29) is 5.92 Å². The van der Waals surface area contributed by atoms with Crippen LogP contribution in [0.2, 0.25) is 0 Å². The number of rotatable bonds is 4. The molecule has 0 radical (unpaired) electrons. The Kier molecular flexibility index (Phi) is 3.47. The van der Waals surface area contributed by atoms with Crippen molar-refractivity contribution in [1.82, 2.24) is 0 Å². The quantitative estimate of drug-likeness (QED) is 0.807. The molecule has 0 aliphatic carbocycles. The maximum atomic E-state index is 14.4. The van der Waals surface area contributed by atoms with E-state index < -0.39 is 6.17 Å². The fraction of sp³-hybridized carbons (Fsp3) is 0.571. The van der Waals surface area contributed by atoms with Crippen LogP contribution in [0.1, 0.15) is 44.0 Å². The molecule has 1 nitrogen and oxygen atoms in total. The van der Waals surface area contributed by atoms with Gasteiger partial charge in [0.25, 0.3) is 0 Å².